The fraction of sp³-hybridized carbons (Fsp3) is 0.0526. The van der Waals surface area contributed by atoms with Crippen LogP contribution in [0.2, 0.25) is 0 Å². The fourth-order valence-electron chi connectivity index (χ4n) is 2.70. The molecule has 0 amide bonds. The summed E-state index contributed by atoms with van der Waals surface area (Å²) in [5.74, 6) is 1.01. The van der Waals surface area contributed by atoms with Gasteiger partial charge in [-0.05, 0) is 42.5 Å². The number of nitrogens with zero attached hydrogens (tertiary/aromatic N) is 2. The minimum absolute atomic E-state index is 0.210. The Labute approximate surface area is 144 Å². The van der Waals surface area contributed by atoms with Gasteiger partial charge in [0.2, 0.25) is 0 Å². The van der Waals surface area contributed by atoms with Gasteiger partial charge < -0.3 is 15.2 Å². The van der Waals surface area contributed by atoms with Gasteiger partial charge in [-0.1, -0.05) is 6.07 Å². The number of hydrogen-bond acceptors (Lipinski definition) is 5. The molecule has 0 aliphatic heterocycles. The monoisotopic (exact) mass is 332 g/mol. The van der Waals surface area contributed by atoms with Crippen molar-refractivity contribution in [3.63, 3.8) is 0 Å². The highest BCUT2D eigenvalue weighted by atomic mass is 16.5. The number of phenolic OH excluding ortho intramolecular Hbond substituents is 1. The Morgan fingerprint density at radius 2 is 1.88 bits per heavy atom. The van der Waals surface area contributed by atoms with Crippen LogP contribution in [0, 0.1) is 0 Å². The molecule has 2 aromatic heterocycles. The van der Waals surface area contributed by atoms with Gasteiger partial charge in [-0.15, -0.1) is 0 Å². The van der Waals surface area contributed by atoms with Gasteiger partial charge in [0, 0.05) is 22.7 Å². The van der Waals surface area contributed by atoms with Crippen molar-refractivity contribution in [2.75, 3.05) is 12.4 Å². The van der Waals surface area contributed by atoms with Gasteiger partial charge in [-0.2, -0.15) is 5.10 Å². The number of hydrogen-bond donors (Lipinski definition) is 3. The SMILES string of the molecule is COc1ccc(-c2[nH]nc3ncc(Nc4cccc(O)c4)cc23)cc1. The van der Waals surface area contributed by atoms with E-state index in [0.29, 0.717) is 5.65 Å². The van der Waals surface area contributed by atoms with Crippen LogP contribution in [0.1, 0.15) is 0 Å². The number of aromatic nitrogens is 3. The molecule has 0 spiro atoms. The Hall–Kier alpha value is -3.54. The lowest BCUT2D eigenvalue weighted by Gasteiger charge is -2.07. The summed E-state index contributed by atoms with van der Waals surface area (Å²) in [5, 5.41) is 21.0. The summed E-state index contributed by atoms with van der Waals surface area (Å²) in [4.78, 5) is 4.39. The van der Waals surface area contributed by atoms with Crippen molar-refractivity contribution in [3.8, 4) is 22.8 Å². The van der Waals surface area contributed by atoms with E-state index >= 15 is 0 Å². The van der Waals surface area contributed by atoms with Crippen LogP contribution in [0.25, 0.3) is 22.3 Å². The first-order valence-corrected chi connectivity index (χ1v) is 7.77. The van der Waals surface area contributed by atoms with E-state index in [1.54, 1.807) is 31.5 Å². The molecule has 0 atom stereocenters. The zero-order valence-corrected chi connectivity index (χ0v) is 13.5. The number of aromatic amines is 1. The highest BCUT2D eigenvalue weighted by molar-refractivity contribution is 5.93. The second-order valence-electron chi connectivity index (χ2n) is 5.60. The molecule has 4 rings (SSSR count). The van der Waals surface area contributed by atoms with E-state index in [1.807, 2.05) is 36.4 Å². The molecule has 4 aromatic rings. The predicted molar refractivity (Wildman–Crippen MR) is 97.3 cm³/mol. The van der Waals surface area contributed by atoms with E-state index < -0.39 is 0 Å². The van der Waals surface area contributed by atoms with Crippen LogP contribution in [0.3, 0.4) is 0 Å². The topological polar surface area (TPSA) is 83.1 Å². The van der Waals surface area contributed by atoms with Crippen molar-refractivity contribution in [1.29, 1.82) is 0 Å². The molecule has 124 valence electrons. The Morgan fingerprint density at radius 3 is 2.64 bits per heavy atom. The van der Waals surface area contributed by atoms with Crippen molar-refractivity contribution >= 4 is 22.4 Å². The number of H-pyrrole nitrogens is 1. The van der Waals surface area contributed by atoms with Crippen LogP contribution in [0.5, 0.6) is 11.5 Å². The van der Waals surface area contributed by atoms with Gasteiger partial charge >= 0.3 is 0 Å². The van der Waals surface area contributed by atoms with Crippen molar-refractivity contribution in [2.24, 2.45) is 0 Å². The lowest BCUT2D eigenvalue weighted by molar-refractivity contribution is 0.415. The van der Waals surface area contributed by atoms with Gasteiger partial charge in [0.15, 0.2) is 5.65 Å². The highest BCUT2D eigenvalue weighted by Crippen LogP contribution is 2.29. The molecule has 0 radical (unpaired) electrons. The summed E-state index contributed by atoms with van der Waals surface area (Å²) in [6.45, 7) is 0. The standard InChI is InChI=1S/C19H16N4O2/c1-25-16-7-5-12(6-8-16)18-17-10-14(11-20-19(17)23-22-18)21-13-3-2-4-15(24)9-13/h2-11,21,24H,1H3,(H,20,22,23). The van der Waals surface area contributed by atoms with Gasteiger partial charge in [0.1, 0.15) is 11.5 Å². The van der Waals surface area contributed by atoms with Crippen molar-refractivity contribution < 1.29 is 9.84 Å². The van der Waals surface area contributed by atoms with Crippen LogP contribution in [-0.4, -0.2) is 27.4 Å². The number of phenols is 1. The summed E-state index contributed by atoms with van der Waals surface area (Å²) >= 11 is 0. The first-order valence-electron chi connectivity index (χ1n) is 7.77. The molecule has 25 heavy (non-hydrogen) atoms. The zero-order valence-electron chi connectivity index (χ0n) is 13.5. The molecular weight excluding hydrogens is 316 g/mol. The van der Waals surface area contributed by atoms with Crippen LogP contribution in [0.4, 0.5) is 11.4 Å². The number of pyridine rings is 1. The summed E-state index contributed by atoms with van der Waals surface area (Å²) in [7, 11) is 1.64. The molecule has 6 heteroatoms. The first-order chi connectivity index (χ1) is 12.2. The lowest BCUT2D eigenvalue weighted by Crippen LogP contribution is -1.91. The van der Waals surface area contributed by atoms with Crippen LogP contribution in [0.15, 0.2) is 60.8 Å². The normalized spacial score (nSPS) is 10.8. The van der Waals surface area contributed by atoms with E-state index in [4.69, 9.17) is 4.74 Å². The third-order valence-electron chi connectivity index (χ3n) is 3.92. The largest absolute Gasteiger partial charge is 0.508 e. The molecule has 0 saturated heterocycles. The van der Waals surface area contributed by atoms with E-state index in [9.17, 15) is 5.11 Å². The van der Waals surface area contributed by atoms with E-state index in [-0.39, 0.29) is 5.75 Å². The summed E-state index contributed by atoms with van der Waals surface area (Å²) in [6.07, 6.45) is 1.71. The number of nitrogens with one attached hydrogen (secondary N) is 2. The molecule has 6 nitrogen and oxygen atoms in total. The summed E-state index contributed by atoms with van der Waals surface area (Å²) in [5.41, 5.74) is 4.14. The third-order valence-corrected chi connectivity index (χ3v) is 3.92. The minimum Gasteiger partial charge on any atom is -0.508 e. The average Bonchev–Trinajstić information content (AvgIpc) is 3.05. The van der Waals surface area contributed by atoms with E-state index in [0.717, 1.165) is 33.8 Å². The molecule has 0 aliphatic carbocycles. The average molecular weight is 332 g/mol. The van der Waals surface area contributed by atoms with E-state index in [1.165, 1.54) is 0 Å². The molecule has 2 heterocycles. The maximum absolute atomic E-state index is 9.58. The van der Waals surface area contributed by atoms with E-state index in [2.05, 4.69) is 20.5 Å². The molecule has 0 unspecified atom stereocenters. The van der Waals surface area contributed by atoms with Gasteiger partial charge in [0.05, 0.1) is 24.7 Å². The third kappa shape index (κ3) is 2.97. The highest BCUT2D eigenvalue weighted by Gasteiger charge is 2.10. The number of aromatic hydroxyl groups is 1. The Bertz CT molecular complexity index is 1030. The number of fused-ring (bicyclic) bond motifs is 1. The molecule has 2 aromatic carbocycles. The Morgan fingerprint density at radius 1 is 1.04 bits per heavy atom. The predicted octanol–water partition coefficient (Wildman–Crippen LogP) is 4.08. The maximum atomic E-state index is 9.58. The van der Waals surface area contributed by atoms with Crippen molar-refractivity contribution in [1.82, 2.24) is 15.2 Å². The smallest absolute Gasteiger partial charge is 0.181 e. The van der Waals surface area contributed by atoms with Gasteiger partial charge in [0.25, 0.3) is 0 Å². The molecular formula is C19H16N4O2. The van der Waals surface area contributed by atoms with Crippen molar-refractivity contribution in [3.05, 3.63) is 60.8 Å². The second-order valence-corrected chi connectivity index (χ2v) is 5.60. The fourth-order valence-corrected chi connectivity index (χ4v) is 2.70. The molecule has 0 aliphatic rings. The number of methoxy groups -OCH3 is 1. The van der Waals surface area contributed by atoms with Crippen LogP contribution in [-0.2, 0) is 0 Å². The van der Waals surface area contributed by atoms with Crippen LogP contribution >= 0.6 is 0 Å². The quantitative estimate of drug-likeness (QED) is 0.524. The minimum atomic E-state index is 0.210. The van der Waals surface area contributed by atoms with Crippen LogP contribution < -0.4 is 10.1 Å². The Balaban J connectivity index is 1.71. The maximum Gasteiger partial charge on any atom is 0.181 e. The summed E-state index contributed by atoms with van der Waals surface area (Å²) < 4.78 is 5.20. The van der Waals surface area contributed by atoms with Gasteiger partial charge in [-0.3, -0.25) is 5.10 Å². The molecule has 3 N–H and O–H groups in total. The number of anilines is 2. The summed E-state index contributed by atoms with van der Waals surface area (Å²) in [6, 6.07) is 16.7. The number of ether oxygens (including phenoxy) is 1. The zero-order chi connectivity index (χ0) is 17.2. The Kier molecular flexibility index (Phi) is 3.70. The number of rotatable bonds is 4. The van der Waals surface area contributed by atoms with Gasteiger partial charge in [-0.25, -0.2) is 4.98 Å². The second kappa shape index (κ2) is 6.16. The number of benzene rings is 2. The first kappa shape index (κ1) is 15.0. The van der Waals surface area contributed by atoms with Crippen molar-refractivity contribution in [2.45, 2.75) is 0 Å². The molecule has 0 bridgehead atoms. The molecule has 0 fully saturated rings. The molecule has 0 saturated carbocycles. The lowest BCUT2D eigenvalue weighted by atomic mass is 10.1.